The number of carbonyl (C=O) groups excluding carboxylic acids is 1. The molecular formula is C25H31FN4O2S. The number of aryl methyl sites for hydroxylation is 1. The van der Waals surface area contributed by atoms with Gasteiger partial charge in [0, 0.05) is 43.4 Å². The minimum Gasteiger partial charge on any atom is -0.381 e. The van der Waals surface area contributed by atoms with Gasteiger partial charge in [-0.25, -0.2) is 9.37 Å². The van der Waals surface area contributed by atoms with Gasteiger partial charge in [0.1, 0.15) is 16.5 Å². The zero-order valence-electron chi connectivity index (χ0n) is 19.2. The highest BCUT2D eigenvalue weighted by molar-refractivity contribution is 7.13. The third-order valence-electron chi connectivity index (χ3n) is 5.87. The number of hydrogen-bond donors (Lipinski definition) is 1. The topological polar surface area (TPSA) is 69.0 Å². The average Bonchev–Trinajstić information content (AvgIpc) is 3.44. The molecule has 0 saturated carbocycles. The van der Waals surface area contributed by atoms with Crippen LogP contribution in [0.5, 0.6) is 0 Å². The number of benzene rings is 1. The van der Waals surface area contributed by atoms with Crippen molar-refractivity contribution in [2.75, 3.05) is 19.8 Å². The Kier molecular flexibility index (Phi) is 7.88. The number of hydrogen-bond acceptors (Lipinski definition) is 5. The number of nitrogens with zero attached hydrogens (tertiary/aromatic N) is 3. The van der Waals surface area contributed by atoms with E-state index in [1.54, 1.807) is 12.1 Å². The molecule has 0 spiro atoms. The highest BCUT2D eigenvalue weighted by atomic mass is 32.1. The number of carbonyl (C=O) groups is 1. The monoisotopic (exact) mass is 470 g/mol. The third-order valence-corrected chi connectivity index (χ3v) is 6.79. The summed E-state index contributed by atoms with van der Waals surface area (Å²) >= 11 is 1.51. The van der Waals surface area contributed by atoms with Crippen molar-refractivity contribution in [1.29, 1.82) is 0 Å². The molecule has 0 aliphatic carbocycles. The second-order valence-electron chi connectivity index (χ2n) is 9.02. The minimum atomic E-state index is -0.275. The zero-order chi connectivity index (χ0) is 23.2. The van der Waals surface area contributed by atoms with Gasteiger partial charge < -0.3 is 10.1 Å². The molecule has 1 aromatic carbocycles. The lowest BCUT2D eigenvalue weighted by molar-refractivity contribution is -0.120. The van der Waals surface area contributed by atoms with E-state index >= 15 is 0 Å². The summed E-state index contributed by atoms with van der Waals surface area (Å²) < 4.78 is 20.8. The van der Waals surface area contributed by atoms with Crippen molar-refractivity contribution >= 4 is 17.2 Å². The molecule has 1 aliphatic heterocycles. The van der Waals surface area contributed by atoms with Crippen molar-refractivity contribution in [3.63, 3.8) is 0 Å². The van der Waals surface area contributed by atoms with E-state index in [1.807, 2.05) is 16.3 Å². The fraction of sp³-hybridized carbons (Fsp3) is 0.480. The number of amides is 1. The van der Waals surface area contributed by atoms with Gasteiger partial charge in [0.25, 0.3) is 0 Å². The minimum absolute atomic E-state index is 0.00951. The first-order valence-corrected chi connectivity index (χ1v) is 12.5. The van der Waals surface area contributed by atoms with E-state index in [9.17, 15) is 9.18 Å². The maximum Gasteiger partial charge on any atom is 0.226 e. The van der Waals surface area contributed by atoms with E-state index in [4.69, 9.17) is 14.8 Å². The van der Waals surface area contributed by atoms with Crippen molar-refractivity contribution in [2.24, 2.45) is 11.8 Å². The number of ether oxygens (including phenoxy) is 1. The van der Waals surface area contributed by atoms with Crippen LogP contribution in [0.1, 0.15) is 38.8 Å². The van der Waals surface area contributed by atoms with E-state index in [0.29, 0.717) is 18.4 Å². The maximum atomic E-state index is 13.5. The van der Waals surface area contributed by atoms with Gasteiger partial charge in [-0.05, 0) is 55.4 Å². The van der Waals surface area contributed by atoms with Crippen LogP contribution in [-0.2, 0) is 22.5 Å². The van der Waals surface area contributed by atoms with Crippen LogP contribution in [0.25, 0.3) is 21.8 Å². The normalized spacial score (nSPS) is 14.7. The van der Waals surface area contributed by atoms with Gasteiger partial charge in [0.15, 0.2) is 0 Å². The van der Waals surface area contributed by atoms with Gasteiger partial charge in [-0.15, -0.1) is 11.3 Å². The summed E-state index contributed by atoms with van der Waals surface area (Å²) in [6.45, 7) is 7.42. The van der Waals surface area contributed by atoms with Crippen LogP contribution in [-0.4, -0.2) is 40.4 Å². The van der Waals surface area contributed by atoms with Crippen LogP contribution in [0.2, 0.25) is 0 Å². The highest BCUT2D eigenvalue weighted by Crippen LogP contribution is 2.33. The molecule has 8 heteroatoms. The van der Waals surface area contributed by atoms with Crippen LogP contribution < -0.4 is 5.32 Å². The summed E-state index contributed by atoms with van der Waals surface area (Å²) in [4.78, 5) is 17.2. The molecule has 0 unspecified atom stereocenters. The molecule has 33 heavy (non-hydrogen) atoms. The van der Waals surface area contributed by atoms with Gasteiger partial charge in [0.05, 0.1) is 17.7 Å². The molecule has 1 fully saturated rings. The molecule has 1 aliphatic rings. The molecule has 3 aromatic rings. The number of rotatable bonds is 9. The molecule has 0 atom stereocenters. The first kappa shape index (κ1) is 23.6. The molecule has 2 aromatic heterocycles. The molecule has 0 bridgehead atoms. The summed E-state index contributed by atoms with van der Waals surface area (Å²) in [5.41, 5.74) is 3.29. The SMILES string of the molecule is CC(C)CCn1cc(-c2nc(CC(=O)NCC3CCOCC3)cs2)c(-c2ccc(F)cc2)n1. The Morgan fingerprint density at radius 3 is 2.76 bits per heavy atom. The van der Waals surface area contributed by atoms with Crippen LogP contribution >= 0.6 is 11.3 Å². The smallest absolute Gasteiger partial charge is 0.226 e. The lowest BCUT2D eigenvalue weighted by Gasteiger charge is -2.22. The number of aromatic nitrogens is 3. The van der Waals surface area contributed by atoms with Crippen molar-refractivity contribution in [3.05, 3.63) is 47.4 Å². The lowest BCUT2D eigenvalue weighted by atomic mass is 10.0. The molecule has 1 amide bonds. The number of halogens is 1. The molecule has 176 valence electrons. The van der Waals surface area contributed by atoms with Crippen LogP contribution in [0.15, 0.2) is 35.8 Å². The first-order valence-electron chi connectivity index (χ1n) is 11.6. The molecule has 3 heterocycles. The van der Waals surface area contributed by atoms with Gasteiger partial charge >= 0.3 is 0 Å². The lowest BCUT2D eigenvalue weighted by Crippen LogP contribution is -2.33. The Labute approximate surface area is 198 Å². The summed E-state index contributed by atoms with van der Waals surface area (Å²) in [6.07, 6.45) is 5.27. The van der Waals surface area contributed by atoms with Crippen molar-refractivity contribution in [3.8, 4) is 21.8 Å². The van der Waals surface area contributed by atoms with E-state index in [-0.39, 0.29) is 18.1 Å². The largest absolute Gasteiger partial charge is 0.381 e. The van der Waals surface area contributed by atoms with Crippen LogP contribution in [0.3, 0.4) is 0 Å². The van der Waals surface area contributed by atoms with E-state index in [2.05, 4.69) is 19.2 Å². The van der Waals surface area contributed by atoms with Crippen molar-refractivity contribution in [1.82, 2.24) is 20.1 Å². The molecule has 4 rings (SSSR count). The molecule has 1 N–H and O–H groups in total. The molecule has 1 saturated heterocycles. The fourth-order valence-electron chi connectivity index (χ4n) is 3.85. The standard InChI is InChI=1S/C25H31FN4O2S/c1-17(2)7-10-30-15-22(24(29-30)19-3-5-20(26)6-4-19)25-28-21(16-33-25)13-23(31)27-14-18-8-11-32-12-9-18/h3-6,15-18H,7-14H2,1-2H3,(H,27,31). The molecule has 6 nitrogen and oxygen atoms in total. The summed E-state index contributed by atoms with van der Waals surface area (Å²) in [5, 5.41) is 10.6. The van der Waals surface area contributed by atoms with Gasteiger partial charge in [-0.2, -0.15) is 5.10 Å². The number of nitrogens with one attached hydrogen (secondary N) is 1. The van der Waals surface area contributed by atoms with E-state index in [1.165, 1.54) is 23.5 Å². The Bertz CT molecular complexity index is 1050. The van der Waals surface area contributed by atoms with Gasteiger partial charge in [-0.3, -0.25) is 9.48 Å². The van der Waals surface area contributed by atoms with E-state index < -0.39 is 0 Å². The Balaban J connectivity index is 1.48. The highest BCUT2D eigenvalue weighted by Gasteiger charge is 2.19. The van der Waals surface area contributed by atoms with Crippen molar-refractivity contribution < 1.29 is 13.9 Å². The van der Waals surface area contributed by atoms with Crippen LogP contribution in [0.4, 0.5) is 4.39 Å². The third kappa shape index (κ3) is 6.48. The Hall–Kier alpha value is -2.58. The summed E-state index contributed by atoms with van der Waals surface area (Å²) in [6, 6.07) is 6.38. The van der Waals surface area contributed by atoms with Gasteiger partial charge in [-0.1, -0.05) is 13.8 Å². The predicted octanol–water partition coefficient (Wildman–Crippen LogP) is 4.94. The van der Waals surface area contributed by atoms with Crippen molar-refractivity contribution in [2.45, 2.75) is 46.1 Å². The average molecular weight is 471 g/mol. The maximum absolute atomic E-state index is 13.5. The van der Waals surface area contributed by atoms with E-state index in [0.717, 1.165) is 66.5 Å². The number of thiazole rings is 1. The summed E-state index contributed by atoms with van der Waals surface area (Å²) in [7, 11) is 0. The molecule has 0 radical (unpaired) electrons. The summed E-state index contributed by atoms with van der Waals surface area (Å²) in [5.74, 6) is 0.772. The second kappa shape index (κ2) is 11.0. The second-order valence-corrected chi connectivity index (χ2v) is 9.88. The van der Waals surface area contributed by atoms with Crippen LogP contribution in [0, 0.1) is 17.7 Å². The fourth-order valence-corrected chi connectivity index (χ4v) is 4.68. The van der Waals surface area contributed by atoms with Gasteiger partial charge in [0.2, 0.25) is 5.91 Å². The Morgan fingerprint density at radius 2 is 2.03 bits per heavy atom. The first-order chi connectivity index (χ1) is 16.0. The predicted molar refractivity (Wildman–Crippen MR) is 128 cm³/mol. The molecular weight excluding hydrogens is 439 g/mol. The quantitative estimate of drug-likeness (QED) is 0.481. The zero-order valence-corrected chi connectivity index (χ0v) is 20.0. The Morgan fingerprint density at radius 1 is 1.27 bits per heavy atom.